The monoisotopic (exact) mass is 410 g/mol. The number of halogens is 1. The highest BCUT2D eigenvalue weighted by Gasteiger charge is 2.24. The van der Waals surface area contributed by atoms with E-state index < -0.39 is 5.82 Å². The van der Waals surface area contributed by atoms with Gasteiger partial charge >= 0.3 is 0 Å². The molecule has 0 heterocycles. The van der Waals surface area contributed by atoms with E-state index >= 15 is 0 Å². The molecule has 0 saturated heterocycles. The van der Waals surface area contributed by atoms with Gasteiger partial charge in [-0.25, -0.2) is 4.39 Å². The standard InChI is InChI=1S/C24H27FN2O3/c1-15(13-16(2)28)23(17(3)19-12-11-18(26-4)14-20(19)25)24(29)27(5)21-9-7-8-10-22(21)30-6/h7-14,26H,1-6H3/b15-13-,23-17-. The minimum atomic E-state index is -0.458. The van der Waals surface area contributed by atoms with Gasteiger partial charge in [0.2, 0.25) is 0 Å². The summed E-state index contributed by atoms with van der Waals surface area (Å²) in [6, 6.07) is 11.8. The van der Waals surface area contributed by atoms with E-state index in [4.69, 9.17) is 4.74 Å². The maximum atomic E-state index is 14.8. The molecule has 2 rings (SSSR count). The van der Waals surface area contributed by atoms with Crippen molar-refractivity contribution in [1.29, 1.82) is 0 Å². The molecule has 0 spiro atoms. The fraction of sp³-hybridized carbons (Fsp3) is 0.250. The third kappa shape index (κ3) is 4.95. The van der Waals surface area contributed by atoms with E-state index in [1.54, 1.807) is 58.3 Å². The van der Waals surface area contributed by atoms with E-state index in [9.17, 15) is 14.0 Å². The number of allylic oxidation sites excluding steroid dienone is 2. The van der Waals surface area contributed by atoms with Crippen molar-refractivity contribution in [2.24, 2.45) is 0 Å². The van der Waals surface area contributed by atoms with Crippen molar-refractivity contribution in [3.8, 4) is 5.75 Å². The number of benzene rings is 2. The van der Waals surface area contributed by atoms with Gasteiger partial charge in [0.25, 0.3) is 5.91 Å². The number of likely N-dealkylation sites (N-methyl/N-ethyl adjacent to an activating group) is 1. The number of para-hydroxylation sites is 2. The Morgan fingerprint density at radius 1 is 1.10 bits per heavy atom. The first-order valence-corrected chi connectivity index (χ1v) is 9.50. The van der Waals surface area contributed by atoms with Gasteiger partial charge in [0.1, 0.15) is 11.6 Å². The quantitative estimate of drug-likeness (QED) is 0.524. The number of rotatable bonds is 7. The average Bonchev–Trinajstić information content (AvgIpc) is 2.72. The summed E-state index contributed by atoms with van der Waals surface area (Å²) in [5, 5.41) is 2.89. The predicted octanol–water partition coefficient (Wildman–Crippen LogP) is 4.85. The second-order valence-corrected chi connectivity index (χ2v) is 6.92. The molecule has 2 aromatic rings. The number of nitrogens with one attached hydrogen (secondary N) is 1. The number of nitrogens with zero attached hydrogens (tertiary/aromatic N) is 1. The van der Waals surface area contributed by atoms with Gasteiger partial charge in [0.05, 0.1) is 12.8 Å². The molecule has 0 aliphatic carbocycles. The first kappa shape index (κ1) is 22.9. The summed E-state index contributed by atoms with van der Waals surface area (Å²) in [5.41, 5.74) is 2.65. The van der Waals surface area contributed by atoms with Crippen molar-refractivity contribution in [2.45, 2.75) is 20.8 Å². The highest BCUT2D eigenvalue weighted by atomic mass is 19.1. The van der Waals surface area contributed by atoms with Crippen LogP contribution in [0.5, 0.6) is 5.75 Å². The lowest BCUT2D eigenvalue weighted by molar-refractivity contribution is -0.114. The number of carbonyl (C=O) groups is 2. The lowest BCUT2D eigenvalue weighted by Gasteiger charge is -2.23. The molecule has 1 amide bonds. The molecule has 158 valence electrons. The molecule has 0 unspecified atom stereocenters. The maximum absolute atomic E-state index is 14.8. The SMILES string of the molecule is CNc1ccc(/C(C)=C(C(=O)N(C)c2ccccc2OC)/C(C)=C\C(C)=O)c(F)c1. The highest BCUT2D eigenvalue weighted by molar-refractivity contribution is 6.14. The average molecular weight is 410 g/mol. The third-order valence-electron chi connectivity index (χ3n) is 4.82. The van der Waals surface area contributed by atoms with Gasteiger partial charge in [-0.15, -0.1) is 0 Å². The van der Waals surface area contributed by atoms with Crippen molar-refractivity contribution in [2.75, 3.05) is 31.4 Å². The lowest BCUT2D eigenvalue weighted by atomic mass is 9.94. The molecule has 0 saturated carbocycles. The van der Waals surface area contributed by atoms with Crippen LogP contribution in [0.1, 0.15) is 26.3 Å². The summed E-state index contributed by atoms with van der Waals surface area (Å²) in [4.78, 5) is 26.7. The molecule has 1 N–H and O–H groups in total. The second kappa shape index (κ2) is 9.87. The Bertz CT molecular complexity index is 1020. The fourth-order valence-corrected chi connectivity index (χ4v) is 3.30. The molecule has 2 aromatic carbocycles. The number of ketones is 1. The number of amides is 1. The minimum absolute atomic E-state index is 0.198. The molecule has 0 aliphatic heterocycles. The van der Waals surface area contributed by atoms with Crippen LogP contribution in [0.2, 0.25) is 0 Å². The van der Waals surface area contributed by atoms with E-state index in [2.05, 4.69) is 5.32 Å². The minimum Gasteiger partial charge on any atom is -0.495 e. The van der Waals surface area contributed by atoms with Gasteiger partial charge in [-0.05, 0) is 68.3 Å². The number of carbonyl (C=O) groups excluding carboxylic acids is 2. The molecule has 30 heavy (non-hydrogen) atoms. The van der Waals surface area contributed by atoms with E-state index in [0.29, 0.717) is 33.8 Å². The van der Waals surface area contributed by atoms with E-state index in [-0.39, 0.29) is 17.3 Å². The Labute approximate surface area is 176 Å². The van der Waals surface area contributed by atoms with Crippen molar-refractivity contribution in [3.05, 3.63) is 71.1 Å². The third-order valence-corrected chi connectivity index (χ3v) is 4.82. The van der Waals surface area contributed by atoms with E-state index in [1.165, 1.54) is 31.1 Å². The zero-order valence-electron chi connectivity index (χ0n) is 18.2. The summed E-state index contributed by atoms with van der Waals surface area (Å²) in [5.74, 6) is -0.496. The Balaban J connectivity index is 2.67. The number of ether oxygens (including phenoxy) is 1. The Kier molecular flexibility index (Phi) is 7.53. The molecule has 6 heteroatoms. The smallest absolute Gasteiger partial charge is 0.258 e. The van der Waals surface area contributed by atoms with Gasteiger partial charge in [0.15, 0.2) is 5.78 Å². The Morgan fingerprint density at radius 2 is 1.77 bits per heavy atom. The molecule has 0 radical (unpaired) electrons. The maximum Gasteiger partial charge on any atom is 0.258 e. The van der Waals surface area contributed by atoms with Crippen LogP contribution in [-0.2, 0) is 9.59 Å². The number of hydrogen-bond acceptors (Lipinski definition) is 4. The Morgan fingerprint density at radius 3 is 2.33 bits per heavy atom. The van der Waals surface area contributed by atoms with Crippen LogP contribution in [0.3, 0.4) is 0 Å². The normalized spacial score (nSPS) is 12.2. The van der Waals surface area contributed by atoms with Gasteiger partial charge in [-0.1, -0.05) is 12.1 Å². The van der Waals surface area contributed by atoms with Gasteiger partial charge in [0, 0.05) is 30.9 Å². The topological polar surface area (TPSA) is 58.6 Å². The lowest BCUT2D eigenvalue weighted by Crippen LogP contribution is -2.29. The summed E-state index contributed by atoms with van der Waals surface area (Å²) < 4.78 is 20.1. The van der Waals surface area contributed by atoms with E-state index in [0.717, 1.165) is 0 Å². The molecule has 0 fully saturated rings. The van der Waals surface area contributed by atoms with E-state index in [1.807, 2.05) is 6.07 Å². The molecular weight excluding hydrogens is 383 g/mol. The van der Waals surface area contributed by atoms with Crippen LogP contribution < -0.4 is 15.0 Å². The van der Waals surface area contributed by atoms with Crippen LogP contribution in [0, 0.1) is 5.82 Å². The van der Waals surface area contributed by atoms with Gasteiger partial charge < -0.3 is 15.0 Å². The van der Waals surface area contributed by atoms with Crippen LogP contribution in [0.15, 0.2) is 59.7 Å². The number of methoxy groups -OCH3 is 1. The highest BCUT2D eigenvalue weighted by Crippen LogP contribution is 2.32. The Hall–Kier alpha value is -3.41. The van der Waals surface area contributed by atoms with Crippen LogP contribution in [0.4, 0.5) is 15.8 Å². The van der Waals surface area contributed by atoms with Crippen molar-refractivity contribution in [1.82, 2.24) is 0 Å². The van der Waals surface area contributed by atoms with Crippen LogP contribution in [-0.4, -0.2) is 32.9 Å². The first-order valence-electron chi connectivity index (χ1n) is 9.50. The number of hydrogen-bond donors (Lipinski definition) is 1. The first-order chi connectivity index (χ1) is 14.2. The summed E-state index contributed by atoms with van der Waals surface area (Å²) in [6.45, 7) is 4.76. The van der Waals surface area contributed by atoms with Crippen molar-refractivity contribution < 1.29 is 18.7 Å². The predicted molar refractivity (Wildman–Crippen MR) is 119 cm³/mol. The molecule has 0 aromatic heterocycles. The fourth-order valence-electron chi connectivity index (χ4n) is 3.30. The second-order valence-electron chi connectivity index (χ2n) is 6.92. The molecular formula is C24H27FN2O3. The van der Waals surface area contributed by atoms with Crippen molar-refractivity contribution in [3.63, 3.8) is 0 Å². The summed E-state index contributed by atoms with van der Waals surface area (Å²) >= 11 is 0. The number of anilines is 2. The summed E-state index contributed by atoms with van der Waals surface area (Å²) in [7, 11) is 4.85. The molecule has 0 aliphatic rings. The molecule has 0 bridgehead atoms. The largest absolute Gasteiger partial charge is 0.495 e. The zero-order valence-corrected chi connectivity index (χ0v) is 18.2. The molecule has 5 nitrogen and oxygen atoms in total. The molecule has 0 atom stereocenters. The zero-order chi connectivity index (χ0) is 22.4. The summed E-state index contributed by atoms with van der Waals surface area (Å²) in [6.07, 6.45) is 1.38. The van der Waals surface area contributed by atoms with Crippen molar-refractivity contribution >= 4 is 28.6 Å². The van der Waals surface area contributed by atoms with Gasteiger partial charge in [-0.2, -0.15) is 0 Å². The van der Waals surface area contributed by atoms with Crippen LogP contribution in [0.25, 0.3) is 5.57 Å². The van der Waals surface area contributed by atoms with Crippen LogP contribution >= 0.6 is 0 Å². The van der Waals surface area contributed by atoms with Gasteiger partial charge in [-0.3, -0.25) is 9.59 Å².